The molecule has 6 heteroatoms. The molecular formula is C14H13FN2O3. The number of ether oxygens (including phenoxy) is 1. The molecule has 0 atom stereocenters. The van der Waals surface area contributed by atoms with Gasteiger partial charge in [0.25, 0.3) is 0 Å². The Bertz CT molecular complexity index is 677. The van der Waals surface area contributed by atoms with Crippen molar-refractivity contribution in [3.8, 4) is 11.4 Å². The van der Waals surface area contributed by atoms with E-state index >= 15 is 0 Å². The summed E-state index contributed by atoms with van der Waals surface area (Å²) in [6, 6.07) is 2.91. The Labute approximate surface area is 114 Å². The molecule has 5 nitrogen and oxygen atoms in total. The first-order valence-corrected chi connectivity index (χ1v) is 5.80. The minimum absolute atomic E-state index is 0.0930. The molecule has 0 saturated carbocycles. The first-order valence-electron chi connectivity index (χ1n) is 5.80. The number of carboxylic acids is 1. The molecule has 1 aromatic carbocycles. The average molecular weight is 276 g/mol. The van der Waals surface area contributed by atoms with Crippen molar-refractivity contribution in [2.75, 3.05) is 7.11 Å². The van der Waals surface area contributed by atoms with Crippen LogP contribution in [0.2, 0.25) is 0 Å². The molecule has 104 valence electrons. The van der Waals surface area contributed by atoms with E-state index < -0.39 is 11.8 Å². The minimum atomic E-state index is -1.15. The number of aromatic nitrogens is 2. The van der Waals surface area contributed by atoms with Crippen molar-refractivity contribution in [2.45, 2.75) is 6.92 Å². The van der Waals surface area contributed by atoms with Crippen LogP contribution >= 0.6 is 0 Å². The zero-order valence-corrected chi connectivity index (χ0v) is 11.0. The predicted octanol–water partition coefficient (Wildman–Crippen LogP) is 2.43. The smallest absolute Gasteiger partial charge is 0.328 e. The number of benzene rings is 1. The molecule has 0 bridgehead atoms. The van der Waals surface area contributed by atoms with Crippen molar-refractivity contribution in [1.82, 2.24) is 9.55 Å². The van der Waals surface area contributed by atoms with Gasteiger partial charge in [0.1, 0.15) is 11.6 Å². The number of imidazole rings is 1. The van der Waals surface area contributed by atoms with Crippen LogP contribution in [0.5, 0.6) is 5.75 Å². The Balaban J connectivity index is 2.50. The highest BCUT2D eigenvalue weighted by atomic mass is 19.1. The van der Waals surface area contributed by atoms with Gasteiger partial charge < -0.3 is 14.4 Å². The van der Waals surface area contributed by atoms with E-state index in [1.807, 2.05) is 6.92 Å². The summed E-state index contributed by atoms with van der Waals surface area (Å²) in [5.74, 6) is -1.46. The number of aliphatic carboxylic acids is 1. The van der Waals surface area contributed by atoms with E-state index in [2.05, 4.69) is 4.98 Å². The molecule has 0 saturated heterocycles. The van der Waals surface area contributed by atoms with Crippen molar-refractivity contribution in [3.63, 3.8) is 0 Å². The third kappa shape index (κ3) is 2.85. The highest BCUT2D eigenvalue weighted by Gasteiger charge is 2.11. The van der Waals surface area contributed by atoms with Gasteiger partial charge in [0.05, 0.1) is 30.4 Å². The number of rotatable bonds is 4. The van der Waals surface area contributed by atoms with Crippen LogP contribution in [0, 0.1) is 12.7 Å². The Hall–Kier alpha value is -2.63. The first kappa shape index (κ1) is 13.8. The fourth-order valence-corrected chi connectivity index (χ4v) is 1.78. The maximum atomic E-state index is 14.1. The number of aryl methyl sites for hydroxylation is 1. The van der Waals surface area contributed by atoms with Gasteiger partial charge in [-0.05, 0) is 19.1 Å². The van der Waals surface area contributed by atoms with Crippen molar-refractivity contribution >= 4 is 12.0 Å². The molecule has 1 aromatic heterocycles. The van der Waals surface area contributed by atoms with Crippen LogP contribution in [0.1, 0.15) is 11.3 Å². The van der Waals surface area contributed by atoms with Gasteiger partial charge in [0.15, 0.2) is 0 Å². The standard InChI is InChI=1S/C14H13FN2O3/c1-9-7-17(8-16-9)10-5-12(15)11(3-4-14(18)19)13(6-10)20-2/h3-8H,1-2H3,(H,18,19)/b4-3+. The molecule has 2 aromatic rings. The van der Waals surface area contributed by atoms with Crippen molar-refractivity contribution in [3.05, 3.63) is 47.8 Å². The lowest BCUT2D eigenvalue weighted by Gasteiger charge is -2.10. The first-order chi connectivity index (χ1) is 9.51. The Morgan fingerprint density at radius 2 is 2.25 bits per heavy atom. The summed E-state index contributed by atoms with van der Waals surface area (Å²) in [4.78, 5) is 14.6. The van der Waals surface area contributed by atoms with Crippen LogP contribution in [0.3, 0.4) is 0 Å². The number of hydrogen-bond donors (Lipinski definition) is 1. The quantitative estimate of drug-likeness (QED) is 0.871. The zero-order chi connectivity index (χ0) is 14.7. The third-order valence-electron chi connectivity index (χ3n) is 2.70. The SMILES string of the molecule is COc1cc(-n2cnc(C)c2)cc(F)c1/C=C/C(=O)O. The van der Waals surface area contributed by atoms with Gasteiger partial charge in [-0.2, -0.15) is 0 Å². The Morgan fingerprint density at radius 1 is 1.50 bits per heavy atom. The van der Waals surface area contributed by atoms with Crippen LogP contribution in [0.25, 0.3) is 11.8 Å². The largest absolute Gasteiger partial charge is 0.496 e. The minimum Gasteiger partial charge on any atom is -0.496 e. The second kappa shape index (κ2) is 5.56. The highest BCUT2D eigenvalue weighted by molar-refractivity contribution is 5.86. The zero-order valence-electron chi connectivity index (χ0n) is 11.0. The normalized spacial score (nSPS) is 10.9. The van der Waals surface area contributed by atoms with E-state index in [9.17, 15) is 9.18 Å². The second-order valence-electron chi connectivity index (χ2n) is 4.14. The van der Waals surface area contributed by atoms with E-state index in [0.29, 0.717) is 5.69 Å². The average Bonchev–Trinajstić information content (AvgIpc) is 2.83. The van der Waals surface area contributed by atoms with E-state index in [-0.39, 0.29) is 11.3 Å². The van der Waals surface area contributed by atoms with Crippen molar-refractivity contribution in [1.29, 1.82) is 0 Å². The van der Waals surface area contributed by atoms with Gasteiger partial charge in [-0.1, -0.05) is 0 Å². The van der Waals surface area contributed by atoms with Gasteiger partial charge in [0.2, 0.25) is 0 Å². The molecule has 0 spiro atoms. The van der Waals surface area contributed by atoms with Crippen LogP contribution in [0.4, 0.5) is 4.39 Å². The lowest BCUT2D eigenvalue weighted by molar-refractivity contribution is -0.131. The number of hydrogen-bond acceptors (Lipinski definition) is 3. The molecular weight excluding hydrogens is 263 g/mol. The molecule has 0 aliphatic carbocycles. The topological polar surface area (TPSA) is 64.4 Å². The molecule has 0 aliphatic rings. The fourth-order valence-electron chi connectivity index (χ4n) is 1.78. The lowest BCUT2D eigenvalue weighted by atomic mass is 10.1. The third-order valence-corrected chi connectivity index (χ3v) is 2.70. The monoisotopic (exact) mass is 276 g/mol. The molecule has 0 unspecified atom stereocenters. The Morgan fingerprint density at radius 3 is 2.80 bits per heavy atom. The second-order valence-corrected chi connectivity index (χ2v) is 4.14. The summed E-state index contributed by atoms with van der Waals surface area (Å²) in [5.41, 5.74) is 1.45. The number of halogens is 1. The highest BCUT2D eigenvalue weighted by Crippen LogP contribution is 2.27. The van der Waals surface area contributed by atoms with E-state index in [1.165, 1.54) is 19.3 Å². The maximum Gasteiger partial charge on any atom is 0.328 e. The molecule has 1 N–H and O–H groups in total. The summed E-state index contributed by atoms with van der Waals surface area (Å²) in [6.07, 6.45) is 5.35. The van der Waals surface area contributed by atoms with Crippen LogP contribution in [-0.2, 0) is 4.79 Å². The summed E-state index contributed by atoms with van der Waals surface area (Å²) >= 11 is 0. The molecule has 0 fully saturated rings. The molecule has 0 radical (unpaired) electrons. The summed E-state index contributed by atoms with van der Waals surface area (Å²) in [5, 5.41) is 8.60. The van der Waals surface area contributed by atoms with Gasteiger partial charge in [-0.3, -0.25) is 0 Å². The fraction of sp³-hybridized carbons (Fsp3) is 0.143. The Kier molecular flexibility index (Phi) is 3.84. The van der Waals surface area contributed by atoms with E-state index in [0.717, 1.165) is 11.8 Å². The number of carboxylic acid groups (broad SMARTS) is 1. The van der Waals surface area contributed by atoms with Crippen molar-refractivity contribution < 1.29 is 19.0 Å². The van der Waals surface area contributed by atoms with Crippen molar-refractivity contribution in [2.24, 2.45) is 0 Å². The van der Waals surface area contributed by atoms with Gasteiger partial charge >= 0.3 is 5.97 Å². The van der Waals surface area contributed by atoms with E-state index in [1.54, 1.807) is 23.2 Å². The van der Waals surface area contributed by atoms with Crippen LogP contribution < -0.4 is 4.74 Å². The molecule has 20 heavy (non-hydrogen) atoms. The van der Waals surface area contributed by atoms with Crippen LogP contribution in [-0.4, -0.2) is 27.7 Å². The molecule has 2 rings (SSSR count). The lowest BCUT2D eigenvalue weighted by Crippen LogP contribution is -1.98. The van der Waals surface area contributed by atoms with Crippen LogP contribution in [0.15, 0.2) is 30.7 Å². The van der Waals surface area contributed by atoms with E-state index in [4.69, 9.17) is 9.84 Å². The predicted molar refractivity (Wildman–Crippen MR) is 71.5 cm³/mol. The number of nitrogens with zero attached hydrogens (tertiary/aromatic N) is 2. The number of methoxy groups -OCH3 is 1. The number of carbonyl (C=O) groups is 1. The van der Waals surface area contributed by atoms with Gasteiger partial charge in [0, 0.05) is 18.3 Å². The molecule has 1 heterocycles. The molecule has 0 amide bonds. The molecule has 0 aliphatic heterocycles. The summed E-state index contributed by atoms with van der Waals surface area (Å²) < 4.78 is 20.9. The summed E-state index contributed by atoms with van der Waals surface area (Å²) in [6.45, 7) is 1.83. The van der Waals surface area contributed by atoms with Gasteiger partial charge in [-0.15, -0.1) is 0 Å². The van der Waals surface area contributed by atoms with Gasteiger partial charge in [-0.25, -0.2) is 14.2 Å². The summed E-state index contributed by atoms with van der Waals surface area (Å²) in [7, 11) is 1.40. The maximum absolute atomic E-state index is 14.1.